The van der Waals surface area contributed by atoms with E-state index in [-0.39, 0.29) is 17.9 Å². The zero-order valence-corrected chi connectivity index (χ0v) is 16.5. The van der Waals surface area contributed by atoms with Gasteiger partial charge in [0.2, 0.25) is 0 Å². The number of Topliss-reactive ketones (excluding diaryl/α,β-unsaturated/α-hetero) is 1. The maximum absolute atomic E-state index is 12.9. The van der Waals surface area contributed by atoms with Crippen LogP contribution in [0.5, 0.6) is 11.5 Å². The number of ether oxygens (including phenoxy) is 2. The van der Waals surface area contributed by atoms with Crippen molar-refractivity contribution in [3.8, 4) is 11.5 Å². The second-order valence-electron chi connectivity index (χ2n) is 6.77. The lowest BCUT2D eigenvalue weighted by Crippen LogP contribution is -2.35. The van der Waals surface area contributed by atoms with Gasteiger partial charge in [0.25, 0.3) is 11.7 Å². The van der Waals surface area contributed by atoms with Gasteiger partial charge in [-0.15, -0.1) is 0 Å². The number of methoxy groups -OCH3 is 2. The SMILES string of the molecule is COc1ccc(OC)c(C2/C(=C(\O)c3ccccc3)C(=O)C(=O)N2CC(C)O)c1. The number of hydrogen-bond donors (Lipinski definition) is 2. The monoisotopic (exact) mass is 397 g/mol. The number of carbonyl (C=O) groups is 2. The number of carbonyl (C=O) groups excluding carboxylic acids is 2. The van der Waals surface area contributed by atoms with E-state index in [4.69, 9.17) is 9.47 Å². The third-order valence-corrected chi connectivity index (χ3v) is 4.78. The lowest BCUT2D eigenvalue weighted by molar-refractivity contribution is -0.140. The smallest absolute Gasteiger partial charge is 0.295 e. The first-order valence-corrected chi connectivity index (χ1v) is 9.12. The Morgan fingerprint density at radius 2 is 1.79 bits per heavy atom. The summed E-state index contributed by atoms with van der Waals surface area (Å²) < 4.78 is 10.7. The van der Waals surface area contributed by atoms with Crippen molar-refractivity contribution in [3.05, 3.63) is 65.2 Å². The second-order valence-corrected chi connectivity index (χ2v) is 6.77. The Morgan fingerprint density at radius 1 is 1.10 bits per heavy atom. The standard InChI is InChI=1S/C22H23NO6/c1-13(24)12-23-19(16-11-15(28-2)9-10-17(16)29-3)18(21(26)22(23)27)20(25)14-7-5-4-6-8-14/h4-11,13,19,24-25H,12H2,1-3H3/b20-18+. The molecule has 0 radical (unpaired) electrons. The number of benzene rings is 2. The molecule has 1 aliphatic heterocycles. The minimum absolute atomic E-state index is 0.0617. The van der Waals surface area contributed by atoms with Gasteiger partial charge in [0.15, 0.2) is 0 Å². The summed E-state index contributed by atoms with van der Waals surface area (Å²) in [5, 5.41) is 20.8. The zero-order chi connectivity index (χ0) is 21.1. The fraction of sp³-hybridized carbons (Fsp3) is 0.273. The van der Waals surface area contributed by atoms with Crippen LogP contribution in [-0.4, -0.2) is 53.7 Å². The fourth-order valence-electron chi connectivity index (χ4n) is 3.48. The molecule has 7 heteroatoms. The Labute approximate surface area is 168 Å². The molecule has 152 valence electrons. The molecular formula is C22H23NO6. The maximum Gasteiger partial charge on any atom is 0.295 e. The van der Waals surface area contributed by atoms with Gasteiger partial charge in [0.1, 0.15) is 17.3 Å². The van der Waals surface area contributed by atoms with E-state index in [2.05, 4.69) is 0 Å². The van der Waals surface area contributed by atoms with Crippen LogP contribution in [0.1, 0.15) is 24.1 Å². The second kappa shape index (κ2) is 8.36. The van der Waals surface area contributed by atoms with Crippen molar-refractivity contribution in [3.63, 3.8) is 0 Å². The van der Waals surface area contributed by atoms with Gasteiger partial charge >= 0.3 is 0 Å². The van der Waals surface area contributed by atoms with Gasteiger partial charge in [-0.2, -0.15) is 0 Å². The quantitative estimate of drug-likeness (QED) is 0.442. The average molecular weight is 397 g/mol. The Balaban J connectivity index is 2.27. The number of nitrogens with zero attached hydrogens (tertiary/aromatic N) is 1. The normalized spacial score (nSPS) is 19.3. The number of β-amino-alcohol motifs (C(OH)–C–C–N with tert-alkyl or cyclic N) is 1. The third-order valence-electron chi connectivity index (χ3n) is 4.78. The summed E-state index contributed by atoms with van der Waals surface area (Å²) in [6.07, 6.45) is -0.871. The Morgan fingerprint density at radius 3 is 2.38 bits per heavy atom. The van der Waals surface area contributed by atoms with Crippen LogP contribution < -0.4 is 9.47 Å². The first kappa shape index (κ1) is 20.4. The van der Waals surface area contributed by atoms with E-state index >= 15 is 0 Å². The van der Waals surface area contributed by atoms with Gasteiger partial charge < -0.3 is 24.6 Å². The van der Waals surface area contributed by atoms with Crippen molar-refractivity contribution in [2.24, 2.45) is 0 Å². The molecule has 3 rings (SSSR count). The maximum atomic E-state index is 12.9. The first-order valence-electron chi connectivity index (χ1n) is 9.12. The van der Waals surface area contributed by atoms with Crippen LogP contribution in [0.15, 0.2) is 54.1 Å². The van der Waals surface area contributed by atoms with Gasteiger partial charge in [-0.1, -0.05) is 30.3 Å². The molecular weight excluding hydrogens is 374 g/mol. The number of amides is 1. The first-order chi connectivity index (χ1) is 13.9. The van der Waals surface area contributed by atoms with Gasteiger partial charge in [0.05, 0.1) is 31.9 Å². The Kier molecular flexibility index (Phi) is 5.89. The molecule has 2 unspecified atom stereocenters. The summed E-state index contributed by atoms with van der Waals surface area (Å²) in [6, 6.07) is 12.6. The topological polar surface area (TPSA) is 96.3 Å². The molecule has 2 aromatic carbocycles. The predicted octanol–water partition coefficient (Wildman–Crippen LogP) is 2.51. The van der Waals surface area contributed by atoms with Crippen molar-refractivity contribution in [2.45, 2.75) is 19.1 Å². The summed E-state index contributed by atoms with van der Waals surface area (Å²) in [5.41, 5.74) is 0.826. The van der Waals surface area contributed by atoms with E-state index in [0.29, 0.717) is 22.6 Å². The van der Waals surface area contributed by atoms with E-state index in [9.17, 15) is 19.8 Å². The molecule has 29 heavy (non-hydrogen) atoms. The minimum Gasteiger partial charge on any atom is -0.507 e. The summed E-state index contributed by atoms with van der Waals surface area (Å²) in [7, 11) is 2.98. The minimum atomic E-state index is -0.935. The van der Waals surface area contributed by atoms with Crippen LogP contribution in [-0.2, 0) is 9.59 Å². The highest BCUT2D eigenvalue weighted by Gasteiger charge is 2.47. The van der Waals surface area contributed by atoms with Crippen LogP contribution in [0.4, 0.5) is 0 Å². The number of rotatable bonds is 6. The molecule has 2 aromatic rings. The number of aliphatic hydroxyl groups is 2. The van der Waals surface area contributed by atoms with E-state index in [1.165, 1.54) is 26.0 Å². The summed E-state index contributed by atoms with van der Waals surface area (Å²) in [6.45, 7) is 1.44. The van der Waals surface area contributed by atoms with Crippen LogP contribution >= 0.6 is 0 Å². The van der Waals surface area contributed by atoms with Crippen LogP contribution in [0.3, 0.4) is 0 Å². The predicted molar refractivity (Wildman–Crippen MR) is 107 cm³/mol. The molecule has 1 heterocycles. The van der Waals surface area contributed by atoms with Crippen molar-refractivity contribution in [1.29, 1.82) is 0 Å². The molecule has 2 atom stereocenters. The molecule has 0 aromatic heterocycles. The largest absolute Gasteiger partial charge is 0.507 e. The molecule has 1 amide bonds. The zero-order valence-electron chi connectivity index (χ0n) is 16.5. The van der Waals surface area contributed by atoms with Crippen molar-refractivity contribution in [2.75, 3.05) is 20.8 Å². The number of aliphatic hydroxyl groups excluding tert-OH is 2. The summed E-state index contributed by atoms with van der Waals surface area (Å²) in [5.74, 6) is -0.970. The lowest BCUT2D eigenvalue weighted by Gasteiger charge is -2.27. The van der Waals surface area contributed by atoms with Gasteiger partial charge in [-0.05, 0) is 25.1 Å². The molecule has 7 nitrogen and oxygen atoms in total. The van der Waals surface area contributed by atoms with Crippen molar-refractivity contribution >= 4 is 17.4 Å². The van der Waals surface area contributed by atoms with Crippen molar-refractivity contribution < 1.29 is 29.3 Å². The molecule has 2 N–H and O–H groups in total. The molecule has 0 aliphatic carbocycles. The molecule has 0 spiro atoms. The summed E-state index contributed by atoms with van der Waals surface area (Å²) >= 11 is 0. The van der Waals surface area contributed by atoms with Crippen molar-refractivity contribution in [1.82, 2.24) is 4.90 Å². The number of ketones is 1. The van der Waals surface area contributed by atoms with Gasteiger partial charge in [-0.25, -0.2) is 0 Å². The van der Waals surface area contributed by atoms with Crippen LogP contribution in [0.25, 0.3) is 5.76 Å². The number of likely N-dealkylation sites (tertiary alicyclic amines) is 1. The summed E-state index contributed by atoms with van der Waals surface area (Å²) in [4.78, 5) is 26.9. The average Bonchev–Trinajstić information content (AvgIpc) is 2.97. The van der Waals surface area contributed by atoms with E-state index < -0.39 is 23.8 Å². The molecule has 1 fully saturated rings. The lowest BCUT2D eigenvalue weighted by atomic mass is 9.94. The Bertz CT molecular complexity index is 951. The fourth-order valence-corrected chi connectivity index (χ4v) is 3.48. The highest BCUT2D eigenvalue weighted by atomic mass is 16.5. The molecule has 1 aliphatic rings. The molecule has 0 bridgehead atoms. The van der Waals surface area contributed by atoms with E-state index in [1.807, 2.05) is 0 Å². The van der Waals surface area contributed by atoms with Crippen LogP contribution in [0, 0.1) is 0 Å². The molecule has 1 saturated heterocycles. The Hall–Kier alpha value is -3.32. The van der Waals surface area contributed by atoms with E-state index in [1.54, 1.807) is 48.5 Å². The third kappa shape index (κ3) is 3.82. The highest BCUT2D eigenvalue weighted by Crippen LogP contribution is 2.43. The van der Waals surface area contributed by atoms with Crippen LogP contribution in [0.2, 0.25) is 0 Å². The van der Waals surface area contributed by atoms with E-state index in [0.717, 1.165) is 0 Å². The molecule has 0 saturated carbocycles. The number of hydrogen-bond acceptors (Lipinski definition) is 6. The van der Waals surface area contributed by atoms with Gasteiger partial charge in [0, 0.05) is 17.7 Å². The highest BCUT2D eigenvalue weighted by molar-refractivity contribution is 6.46. The van der Waals surface area contributed by atoms with Gasteiger partial charge in [-0.3, -0.25) is 9.59 Å².